The number of nitrogens with zero attached hydrogens (tertiary/aromatic N) is 2. The molecule has 0 aliphatic carbocycles. The molecule has 1 aromatic carbocycles. The number of likely N-dealkylation sites (N-methyl/N-ethyl adjacent to an activating group) is 1. The first kappa shape index (κ1) is 14.3. The second kappa shape index (κ2) is 6.35. The monoisotopic (exact) mass is 265 g/mol. The summed E-state index contributed by atoms with van der Waals surface area (Å²) >= 11 is 0. The van der Waals surface area contributed by atoms with Crippen molar-refractivity contribution >= 4 is 5.69 Å². The summed E-state index contributed by atoms with van der Waals surface area (Å²) in [5.41, 5.74) is 7.07. The first-order chi connectivity index (χ1) is 9.15. The van der Waals surface area contributed by atoms with Crippen molar-refractivity contribution in [2.24, 2.45) is 0 Å². The number of anilines is 1. The Hall–Kier alpha value is -1.13. The fourth-order valence-corrected chi connectivity index (χ4v) is 2.96. The van der Waals surface area contributed by atoms with Crippen LogP contribution in [0.4, 0.5) is 10.1 Å². The zero-order chi connectivity index (χ0) is 13.8. The highest BCUT2D eigenvalue weighted by molar-refractivity contribution is 5.47. The lowest BCUT2D eigenvalue weighted by Gasteiger charge is -2.26. The molecule has 2 N–H and O–H groups in total. The zero-order valence-corrected chi connectivity index (χ0v) is 11.9. The summed E-state index contributed by atoms with van der Waals surface area (Å²) in [6, 6.07) is 5.53. The second-order valence-electron chi connectivity index (χ2n) is 5.21. The van der Waals surface area contributed by atoms with Crippen LogP contribution >= 0.6 is 0 Å². The Balaban J connectivity index is 1.99. The van der Waals surface area contributed by atoms with Crippen LogP contribution in [0, 0.1) is 5.82 Å². The van der Waals surface area contributed by atoms with Crippen molar-refractivity contribution in [3.05, 3.63) is 29.6 Å². The Bertz CT molecular complexity index is 398. The third-order valence-electron chi connectivity index (χ3n) is 4.11. The molecule has 0 amide bonds. The topological polar surface area (TPSA) is 32.5 Å². The van der Waals surface area contributed by atoms with Crippen LogP contribution in [-0.4, -0.2) is 42.0 Å². The SMILES string of the molecule is CCN(CC)C1CCN(Cc2c(N)cccc2F)C1. The van der Waals surface area contributed by atoms with E-state index in [1.165, 1.54) is 6.07 Å². The number of halogens is 1. The fourth-order valence-electron chi connectivity index (χ4n) is 2.96. The Morgan fingerprint density at radius 3 is 2.74 bits per heavy atom. The summed E-state index contributed by atoms with van der Waals surface area (Å²) in [5, 5.41) is 0. The van der Waals surface area contributed by atoms with E-state index in [0.717, 1.165) is 32.6 Å². The van der Waals surface area contributed by atoms with Crippen molar-refractivity contribution in [3.63, 3.8) is 0 Å². The van der Waals surface area contributed by atoms with E-state index in [2.05, 4.69) is 23.6 Å². The van der Waals surface area contributed by atoms with Gasteiger partial charge in [-0.05, 0) is 31.6 Å². The number of rotatable bonds is 5. The lowest BCUT2D eigenvalue weighted by molar-refractivity contribution is 0.208. The van der Waals surface area contributed by atoms with E-state index in [-0.39, 0.29) is 5.82 Å². The molecule has 4 heteroatoms. The van der Waals surface area contributed by atoms with Gasteiger partial charge in [-0.2, -0.15) is 0 Å². The van der Waals surface area contributed by atoms with Crippen molar-refractivity contribution in [1.29, 1.82) is 0 Å². The van der Waals surface area contributed by atoms with Gasteiger partial charge in [-0.1, -0.05) is 19.9 Å². The van der Waals surface area contributed by atoms with Crippen LogP contribution in [0.15, 0.2) is 18.2 Å². The molecule has 1 saturated heterocycles. The average Bonchev–Trinajstić information content (AvgIpc) is 2.84. The molecule has 0 spiro atoms. The highest BCUT2D eigenvalue weighted by Crippen LogP contribution is 2.22. The van der Waals surface area contributed by atoms with Gasteiger partial charge in [0.05, 0.1) is 0 Å². The Morgan fingerprint density at radius 1 is 1.37 bits per heavy atom. The lowest BCUT2D eigenvalue weighted by Crippen LogP contribution is -2.37. The van der Waals surface area contributed by atoms with Gasteiger partial charge >= 0.3 is 0 Å². The van der Waals surface area contributed by atoms with Crippen molar-refractivity contribution in [2.75, 3.05) is 31.9 Å². The van der Waals surface area contributed by atoms with Gasteiger partial charge in [0.2, 0.25) is 0 Å². The molecule has 1 atom stereocenters. The first-order valence-corrected chi connectivity index (χ1v) is 7.15. The Morgan fingerprint density at radius 2 is 2.11 bits per heavy atom. The van der Waals surface area contributed by atoms with Crippen LogP contribution in [-0.2, 0) is 6.54 Å². The molecule has 1 unspecified atom stereocenters. The van der Waals surface area contributed by atoms with E-state index < -0.39 is 0 Å². The lowest BCUT2D eigenvalue weighted by atomic mass is 10.1. The van der Waals surface area contributed by atoms with Gasteiger partial charge in [0.1, 0.15) is 5.82 Å². The van der Waals surface area contributed by atoms with Crippen LogP contribution in [0.2, 0.25) is 0 Å². The molecule has 0 aromatic heterocycles. The van der Waals surface area contributed by atoms with Crippen LogP contribution < -0.4 is 5.73 Å². The van der Waals surface area contributed by atoms with Gasteiger partial charge in [-0.25, -0.2) is 4.39 Å². The van der Waals surface area contributed by atoms with Crippen LogP contribution in [0.3, 0.4) is 0 Å². The number of hydrogen-bond donors (Lipinski definition) is 1. The average molecular weight is 265 g/mol. The summed E-state index contributed by atoms with van der Waals surface area (Å²) in [4.78, 5) is 4.78. The molecular formula is C15H24FN3. The summed E-state index contributed by atoms with van der Waals surface area (Å²) in [7, 11) is 0. The summed E-state index contributed by atoms with van der Waals surface area (Å²) in [5.74, 6) is -0.189. The molecule has 2 rings (SSSR count). The molecule has 106 valence electrons. The number of nitrogen functional groups attached to an aromatic ring is 1. The highest BCUT2D eigenvalue weighted by Gasteiger charge is 2.26. The fraction of sp³-hybridized carbons (Fsp3) is 0.600. The third kappa shape index (κ3) is 3.25. The van der Waals surface area contributed by atoms with Crippen molar-refractivity contribution in [3.8, 4) is 0 Å². The highest BCUT2D eigenvalue weighted by atomic mass is 19.1. The molecule has 0 saturated carbocycles. The summed E-state index contributed by atoms with van der Waals surface area (Å²) in [6.07, 6.45) is 1.16. The van der Waals surface area contributed by atoms with Gasteiger partial charge in [-0.3, -0.25) is 9.80 Å². The minimum atomic E-state index is -0.189. The molecule has 1 aliphatic rings. The number of nitrogens with two attached hydrogens (primary N) is 1. The van der Waals surface area contributed by atoms with Crippen molar-refractivity contribution in [1.82, 2.24) is 9.80 Å². The predicted octanol–water partition coefficient (Wildman–Crippen LogP) is 2.32. The quantitative estimate of drug-likeness (QED) is 0.829. The van der Waals surface area contributed by atoms with Crippen LogP contribution in [0.5, 0.6) is 0 Å². The summed E-state index contributed by atoms with van der Waals surface area (Å²) in [6.45, 7) is 9.20. The maximum Gasteiger partial charge on any atom is 0.129 e. The van der Waals surface area contributed by atoms with Gasteiger partial charge in [-0.15, -0.1) is 0 Å². The van der Waals surface area contributed by atoms with Gasteiger partial charge in [0.25, 0.3) is 0 Å². The Labute approximate surface area is 115 Å². The molecule has 1 aromatic rings. The van der Waals surface area contributed by atoms with E-state index in [1.54, 1.807) is 12.1 Å². The summed E-state index contributed by atoms with van der Waals surface area (Å²) < 4.78 is 13.8. The molecular weight excluding hydrogens is 241 g/mol. The maximum atomic E-state index is 13.8. The maximum absolute atomic E-state index is 13.8. The predicted molar refractivity (Wildman–Crippen MR) is 77.4 cm³/mol. The van der Waals surface area contributed by atoms with E-state index >= 15 is 0 Å². The molecule has 3 nitrogen and oxygen atoms in total. The van der Waals surface area contributed by atoms with Crippen LogP contribution in [0.1, 0.15) is 25.8 Å². The van der Waals surface area contributed by atoms with Crippen LogP contribution in [0.25, 0.3) is 0 Å². The standard InChI is InChI=1S/C15H24FN3/c1-3-19(4-2)12-8-9-18(10-12)11-13-14(16)6-5-7-15(13)17/h5-7,12H,3-4,8-11,17H2,1-2H3. The van der Waals surface area contributed by atoms with Gasteiger partial charge < -0.3 is 5.73 Å². The van der Waals surface area contributed by atoms with E-state index in [9.17, 15) is 4.39 Å². The Kier molecular flexibility index (Phi) is 4.77. The minimum absolute atomic E-state index is 0.189. The largest absolute Gasteiger partial charge is 0.398 e. The number of benzene rings is 1. The van der Waals surface area contributed by atoms with E-state index in [1.807, 2.05) is 0 Å². The normalized spacial score (nSPS) is 20.3. The molecule has 1 fully saturated rings. The van der Waals surface area contributed by atoms with E-state index in [0.29, 0.717) is 23.8 Å². The molecule has 1 aliphatic heterocycles. The van der Waals surface area contributed by atoms with Crippen molar-refractivity contribution in [2.45, 2.75) is 32.9 Å². The van der Waals surface area contributed by atoms with Crippen molar-refractivity contribution < 1.29 is 4.39 Å². The molecule has 0 radical (unpaired) electrons. The second-order valence-corrected chi connectivity index (χ2v) is 5.21. The minimum Gasteiger partial charge on any atom is -0.398 e. The third-order valence-corrected chi connectivity index (χ3v) is 4.11. The molecule has 19 heavy (non-hydrogen) atoms. The molecule has 1 heterocycles. The first-order valence-electron chi connectivity index (χ1n) is 7.15. The van der Waals surface area contributed by atoms with Gasteiger partial charge in [0.15, 0.2) is 0 Å². The molecule has 0 bridgehead atoms. The number of hydrogen-bond acceptors (Lipinski definition) is 3. The van der Waals surface area contributed by atoms with E-state index in [4.69, 9.17) is 5.73 Å². The number of likely N-dealkylation sites (tertiary alicyclic amines) is 1. The zero-order valence-electron chi connectivity index (χ0n) is 11.9. The van der Waals surface area contributed by atoms with Gasteiger partial charge in [0, 0.05) is 36.9 Å². The smallest absolute Gasteiger partial charge is 0.129 e.